The molecule has 8 nitrogen and oxygen atoms in total. The van der Waals surface area contributed by atoms with E-state index in [2.05, 4.69) is 15.2 Å². The Morgan fingerprint density at radius 2 is 1.95 bits per heavy atom. The summed E-state index contributed by atoms with van der Waals surface area (Å²) in [6.45, 7) is 3.85. The van der Waals surface area contributed by atoms with Crippen LogP contribution in [0.2, 0.25) is 5.02 Å². The minimum absolute atomic E-state index is 0.129. The maximum Gasteiger partial charge on any atom is 0.264 e. The fourth-order valence-corrected chi connectivity index (χ4v) is 4.88. The zero-order valence-corrected chi connectivity index (χ0v) is 21.1. The number of hydrogen-bond acceptors (Lipinski definition) is 5. The number of carbonyl (C=O) groups is 1. The summed E-state index contributed by atoms with van der Waals surface area (Å²) in [5.74, 6) is -0.548. The zero-order valence-electron chi connectivity index (χ0n) is 20.3. The summed E-state index contributed by atoms with van der Waals surface area (Å²) >= 11 is 6.15. The van der Waals surface area contributed by atoms with Crippen molar-refractivity contribution in [2.45, 2.75) is 26.4 Å². The molecule has 0 spiro atoms. The highest BCUT2D eigenvalue weighted by atomic mass is 35.5. The molecule has 1 aliphatic rings. The van der Waals surface area contributed by atoms with Gasteiger partial charge in [0.05, 0.1) is 23.0 Å². The number of benzene rings is 1. The average Bonchev–Trinajstić information content (AvgIpc) is 3.44. The molecule has 1 aliphatic heterocycles. The Balaban J connectivity index is 1.34. The van der Waals surface area contributed by atoms with E-state index in [9.17, 15) is 18.0 Å². The molecular formula is C25H25ClF3N7O. The van der Waals surface area contributed by atoms with Gasteiger partial charge in [0.1, 0.15) is 12.4 Å². The average molecular weight is 532 g/mol. The summed E-state index contributed by atoms with van der Waals surface area (Å²) in [5, 5.41) is 9.11. The number of aromatic nitrogens is 5. The van der Waals surface area contributed by atoms with Crippen LogP contribution < -0.4 is 0 Å². The molecule has 0 unspecified atom stereocenters. The molecular weight excluding hydrogens is 507 g/mol. The second kappa shape index (κ2) is 10.1. The van der Waals surface area contributed by atoms with Gasteiger partial charge in [-0.1, -0.05) is 17.7 Å². The lowest BCUT2D eigenvalue weighted by molar-refractivity contribution is -0.133. The molecule has 0 bridgehead atoms. The summed E-state index contributed by atoms with van der Waals surface area (Å²) in [4.78, 5) is 21.5. The highest BCUT2D eigenvalue weighted by Crippen LogP contribution is 2.33. The minimum Gasteiger partial charge on any atom is -0.339 e. The number of piperazine rings is 1. The van der Waals surface area contributed by atoms with Crippen LogP contribution in [0.15, 0.2) is 36.7 Å². The van der Waals surface area contributed by atoms with Crippen LogP contribution in [0.4, 0.5) is 13.2 Å². The zero-order chi connectivity index (χ0) is 26.3. The Morgan fingerprint density at radius 3 is 2.59 bits per heavy atom. The van der Waals surface area contributed by atoms with Gasteiger partial charge in [-0.05, 0) is 25.1 Å². The standard InChI is InChI=1S/C25H25ClF3N7O/c1-15-23-17(24(28)29)10-21(16-11-30-33(2)12-16)31-25(23)36(32-15)14-22(37)35-8-6-34(7-9-35)13-18-19(26)4-3-5-20(18)27/h3-5,10-12,24H,6-9,13-14H2,1-2H3. The molecule has 12 heteroatoms. The van der Waals surface area contributed by atoms with E-state index in [4.69, 9.17) is 11.6 Å². The number of aryl methyl sites for hydroxylation is 2. The van der Waals surface area contributed by atoms with Crippen molar-refractivity contribution in [1.29, 1.82) is 0 Å². The van der Waals surface area contributed by atoms with Crippen molar-refractivity contribution in [2.75, 3.05) is 26.2 Å². The van der Waals surface area contributed by atoms with E-state index >= 15 is 0 Å². The quantitative estimate of drug-likeness (QED) is 0.373. The van der Waals surface area contributed by atoms with Crippen molar-refractivity contribution in [3.05, 3.63) is 64.3 Å². The SMILES string of the molecule is Cc1nn(CC(=O)N2CCN(Cc3c(F)cccc3Cl)CC2)c2nc(-c3cnn(C)c3)cc(C(F)F)c12. The van der Waals surface area contributed by atoms with Crippen LogP contribution >= 0.6 is 11.6 Å². The Labute approximate surface area is 216 Å². The number of rotatable bonds is 6. The number of amides is 1. The number of carbonyl (C=O) groups excluding carboxylic acids is 1. The van der Waals surface area contributed by atoms with Gasteiger partial charge in [-0.25, -0.2) is 22.8 Å². The molecule has 0 aliphatic carbocycles. The first-order valence-corrected chi connectivity index (χ1v) is 12.2. The van der Waals surface area contributed by atoms with Gasteiger partial charge >= 0.3 is 0 Å². The molecule has 3 aromatic heterocycles. The number of hydrogen-bond donors (Lipinski definition) is 0. The molecule has 4 aromatic rings. The van der Waals surface area contributed by atoms with Gasteiger partial charge in [-0.3, -0.25) is 14.4 Å². The first kappa shape index (κ1) is 25.2. The third-order valence-corrected chi connectivity index (χ3v) is 6.95. The van der Waals surface area contributed by atoms with E-state index in [-0.39, 0.29) is 34.9 Å². The van der Waals surface area contributed by atoms with Gasteiger partial charge in [0.25, 0.3) is 6.43 Å². The second-order valence-corrected chi connectivity index (χ2v) is 9.51. The van der Waals surface area contributed by atoms with E-state index in [1.807, 2.05) is 4.90 Å². The highest BCUT2D eigenvalue weighted by Gasteiger charge is 2.26. The molecule has 1 saturated heterocycles. The predicted molar refractivity (Wildman–Crippen MR) is 133 cm³/mol. The number of alkyl halides is 2. The first-order chi connectivity index (χ1) is 17.7. The van der Waals surface area contributed by atoms with Crippen LogP contribution in [0.1, 0.15) is 23.2 Å². The summed E-state index contributed by atoms with van der Waals surface area (Å²) in [7, 11) is 1.73. The molecule has 37 heavy (non-hydrogen) atoms. The van der Waals surface area contributed by atoms with Crippen molar-refractivity contribution in [1.82, 2.24) is 34.3 Å². The molecule has 0 saturated carbocycles. The van der Waals surface area contributed by atoms with Crippen molar-refractivity contribution < 1.29 is 18.0 Å². The normalized spacial score (nSPS) is 14.7. The van der Waals surface area contributed by atoms with Crippen LogP contribution in [0.5, 0.6) is 0 Å². The summed E-state index contributed by atoms with van der Waals surface area (Å²) in [6.07, 6.45) is 0.510. The predicted octanol–water partition coefficient (Wildman–Crippen LogP) is 4.21. The van der Waals surface area contributed by atoms with Gasteiger partial charge in [0.15, 0.2) is 5.65 Å². The molecule has 1 aromatic carbocycles. The van der Waals surface area contributed by atoms with Crippen LogP contribution in [-0.4, -0.2) is 66.4 Å². The van der Waals surface area contributed by atoms with Crippen LogP contribution in [0, 0.1) is 12.7 Å². The van der Waals surface area contributed by atoms with Gasteiger partial charge < -0.3 is 4.90 Å². The molecule has 0 N–H and O–H groups in total. The summed E-state index contributed by atoms with van der Waals surface area (Å²) in [6, 6.07) is 5.96. The van der Waals surface area contributed by atoms with E-state index in [1.165, 1.54) is 16.8 Å². The summed E-state index contributed by atoms with van der Waals surface area (Å²) < 4.78 is 45.1. The second-order valence-electron chi connectivity index (χ2n) is 9.10. The Morgan fingerprint density at radius 1 is 1.19 bits per heavy atom. The molecule has 194 valence electrons. The lowest BCUT2D eigenvalue weighted by atomic mass is 10.1. The molecule has 5 rings (SSSR count). The van der Waals surface area contributed by atoms with E-state index in [0.29, 0.717) is 60.3 Å². The number of halogens is 4. The van der Waals surface area contributed by atoms with Crippen LogP contribution in [-0.2, 0) is 24.9 Å². The summed E-state index contributed by atoms with van der Waals surface area (Å²) in [5.41, 5.74) is 1.80. The maximum absolute atomic E-state index is 14.2. The Bertz CT molecular complexity index is 1440. The Kier molecular flexibility index (Phi) is 6.91. The monoisotopic (exact) mass is 531 g/mol. The van der Waals surface area contributed by atoms with Gasteiger partial charge in [0.2, 0.25) is 5.91 Å². The Hall–Kier alpha value is -3.44. The van der Waals surface area contributed by atoms with Crippen molar-refractivity contribution in [3.63, 3.8) is 0 Å². The number of fused-ring (bicyclic) bond motifs is 1. The number of nitrogens with zero attached hydrogens (tertiary/aromatic N) is 7. The number of pyridine rings is 1. The topological polar surface area (TPSA) is 72.1 Å². The molecule has 0 radical (unpaired) electrons. The smallest absolute Gasteiger partial charge is 0.264 e. The van der Waals surface area contributed by atoms with Gasteiger partial charge in [-0.15, -0.1) is 0 Å². The minimum atomic E-state index is -2.73. The first-order valence-electron chi connectivity index (χ1n) is 11.8. The van der Waals surface area contributed by atoms with Gasteiger partial charge in [-0.2, -0.15) is 10.2 Å². The maximum atomic E-state index is 14.2. The van der Waals surface area contributed by atoms with Crippen molar-refractivity contribution in [3.8, 4) is 11.3 Å². The fourth-order valence-electron chi connectivity index (χ4n) is 4.66. The lowest BCUT2D eigenvalue weighted by Gasteiger charge is -2.35. The van der Waals surface area contributed by atoms with E-state index in [1.54, 1.807) is 48.1 Å². The molecule has 0 atom stereocenters. The van der Waals surface area contributed by atoms with Crippen molar-refractivity contribution in [2.24, 2.45) is 7.05 Å². The van der Waals surface area contributed by atoms with Gasteiger partial charge in [0, 0.05) is 67.7 Å². The van der Waals surface area contributed by atoms with Crippen LogP contribution in [0.25, 0.3) is 22.3 Å². The largest absolute Gasteiger partial charge is 0.339 e. The third-order valence-electron chi connectivity index (χ3n) is 6.60. The molecule has 4 heterocycles. The van der Waals surface area contributed by atoms with E-state index < -0.39 is 6.43 Å². The van der Waals surface area contributed by atoms with E-state index in [0.717, 1.165) is 0 Å². The van der Waals surface area contributed by atoms with Crippen molar-refractivity contribution >= 4 is 28.5 Å². The molecule has 1 amide bonds. The highest BCUT2D eigenvalue weighted by molar-refractivity contribution is 6.31. The van der Waals surface area contributed by atoms with Crippen LogP contribution in [0.3, 0.4) is 0 Å². The fraction of sp³-hybridized carbons (Fsp3) is 0.360. The lowest BCUT2D eigenvalue weighted by Crippen LogP contribution is -2.49. The molecule has 1 fully saturated rings. The third kappa shape index (κ3) is 5.05.